The predicted molar refractivity (Wildman–Crippen MR) is 107 cm³/mol. The van der Waals surface area contributed by atoms with E-state index in [1.54, 1.807) is 0 Å². The molecule has 2 N–H and O–H groups in total. The van der Waals surface area contributed by atoms with E-state index in [4.69, 9.17) is 16.3 Å². The second kappa shape index (κ2) is 7.19. The quantitative estimate of drug-likeness (QED) is 0.771. The lowest BCUT2D eigenvalue weighted by atomic mass is 10.0. The van der Waals surface area contributed by atoms with Crippen molar-refractivity contribution in [3.63, 3.8) is 0 Å². The summed E-state index contributed by atoms with van der Waals surface area (Å²) >= 11 is 6.11. The molecule has 1 amide bonds. The van der Waals surface area contributed by atoms with Gasteiger partial charge < -0.3 is 15.0 Å². The molecule has 0 aliphatic carbocycles. The van der Waals surface area contributed by atoms with Gasteiger partial charge in [-0.05, 0) is 31.9 Å². The third kappa shape index (κ3) is 3.74. The predicted octanol–water partition coefficient (Wildman–Crippen LogP) is 1.91. The Morgan fingerprint density at radius 3 is 2.76 bits per heavy atom. The molecular weight excluding hydrogens is 397 g/mol. The van der Waals surface area contributed by atoms with Crippen LogP contribution in [0.25, 0.3) is 11.0 Å². The number of aromatic nitrogens is 2. The van der Waals surface area contributed by atoms with Gasteiger partial charge in [-0.25, -0.2) is 9.37 Å². The fourth-order valence-electron chi connectivity index (χ4n) is 4.87. The smallest absolute Gasteiger partial charge is 0.234 e. The number of aromatic amines is 1. The van der Waals surface area contributed by atoms with Gasteiger partial charge in [0, 0.05) is 25.2 Å². The van der Waals surface area contributed by atoms with Crippen LogP contribution in [0.4, 0.5) is 4.39 Å². The number of amides is 1. The van der Waals surface area contributed by atoms with E-state index in [-0.39, 0.29) is 17.3 Å². The summed E-state index contributed by atoms with van der Waals surface area (Å²) < 4.78 is 18.8. The highest BCUT2D eigenvalue weighted by molar-refractivity contribution is 6.34. The van der Waals surface area contributed by atoms with E-state index in [0.29, 0.717) is 54.4 Å². The minimum Gasteiger partial charge on any atom is -0.376 e. The Balaban J connectivity index is 1.22. The number of nitrogens with one attached hydrogen (secondary N) is 2. The van der Waals surface area contributed by atoms with Crippen molar-refractivity contribution in [3.05, 3.63) is 28.8 Å². The standard InChI is InChI=1S/C20H25ClFN5O2/c1-20(10-29-11-20)25-18(28)9-27-13-2-3-14(27)7-26(6-13)8-17-23-16-5-12(22)4-15(21)19(16)24-17/h4-5,13-14H,2-3,6-11H2,1H3,(H,23,24)(H,25,28). The molecule has 1 aromatic heterocycles. The van der Waals surface area contributed by atoms with Crippen molar-refractivity contribution in [1.82, 2.24) is 25.1 Å². The van der Waals surface area contributed by atoms with E-state index < -0.39 is 0 Å². The maximum absolute atomic E-state index is 13.6. The lowest BCUT2D eigenvalue weighted by Crippen LogP contribution is -2.62. The lowest BCUT2D eigenvalue weighted by molar-refractivity contribution is -0.133. The summed E-state index contributed by atoms with van der Waals surface area (Å²) in [6, 6.07) is 3.45. The third-order valence-electron chi connectivity index (χ3n) is 6.24. The summed E-state index contributed by atoms with van der Waals surface area (Å²) in [5, 5.41) is 3.43. The minimum absolute atomic E-state index is 0.0788. The van der Waals surface area contributed by atoms with Gasteiger partial charge in [-0.1, -0.05) is 11.6 Å². The molecule has 7 nitrogen and oxygen atoms in total. The summed E-state index contributed by atoms with van der Waals surface area (Å²) in [6.07, 6.45) is 2.21. The monoisotopic (exact) mass is 421 g/mol. The van der Waals surface area contributed by atoms with E-state index in [0.717, 1.165) is 31.8 Å². The number of rotatable bonds is 5. The van der Waals surface area contributed by atoms with Crippen molar-refractivity contribution in [2.75, 3.05) is 32.8 Å². The molecule has 0 saturated carbocycles. The molecule has 29 heavy (non-hydrogen) atoms. The van der Waals surface area contributed by atoms with Crippen LogP contribution in [-0.2, 0) is 16.1 Å². The van der Waals surface area contributed by atoms with Gasteiger partial charge in [-0.3, -0.25) is 14.6 Å². The highest BCUT2D eigenvalue weighted by Crippen LogP contribution is 2.31. The summed E-state index contributed by atoms with van der Waals surface area (Å²) in [4.78, 5) is 24.9. The van der Waals surface area contributed by atoms with Gasteiger partial charge in [0.2, 0.25) is 5.91 Å². The van der Waals surface area contributed by atoms with E-state index in [1.165, 1.54) is 12.1 Å². The number of piperazine rings is 1. The number of carbonyl (C=O) groups excluding carboxylic acids is 1. The average Bonchev–Trinajstić information content (AvgIpc) is 3.11. The molecular formula is C20H25ClFN5O2. The van der Waals surface area contributed by atoms with E-state index in [9.17, 15) is 9.18 Å². The molecule has 1 aromatic carbocycles. The van der Waals surface area contributed by atoms with Crippen LogP contribution < -0.4 is 5.32 Å². The maximum Gasteiger partial charge on any atom is 0.234 e. The summed E-state index contributed by atoms with van der Waals surface area (Å²) in [6.45, 7) is 6.09. The van der Waals surface area contributed by atoms with Crippen LogP contribution in [0.3, 0.4) is 0 Å². The minimum atomic E-state index is -0.370. The van der Waals surface area contributed by atoms with Crippen LogP contribution >= 0.6 is 11.6 Å². The van der Waals surface area contributed by atoms with Crippen LogP contribution in [0.5, 0.6) is 0 Å². The highest BCUT2D eigenvalue weighted by Gasteiger charge is 2.42. The number of hydrogen-bond acceptors (Lipinski definition) is 5. The Bertz CT molecular complexity index is 932. The number of benzene rings is 1. The zero-order valence-electron chi connectivity index (χ0n) is 16.4. The summed E-state index contributed by atoms with van der Waals surface area (Å²) in [5.41, 5.74) is 1.02. The number of hydrogen-bond donors (Lipinski definition) is 2. The molecule has 3 saturated heterocycles. The fourth-order valence-corrected chi connectivity index (χ4v) is 5.12. The Kier molecular flexibility index (Phi) is 4.77. The Hall–Kier alpha value is -1.74. The number of carbonyl (C=O) groups is 1. The van der Waals surface area contributed by atoms with E-state index >= 15 is 0 Å². The number of likely N-dealkylation sites (tertiary alicyclic amines) is 1. The van der Waals surface area contributed by atoms with Crippen molar-refractivity contribution >= 4 is 28.5 Å². The molecule has 3 aliphatic heterocycles. The van der Waals surface area contributed by atoms with Gasteiger partial charge in [0.05, 0.1) is 42.4 Å². The van der Waals surface area contributed by atoms with Gasteiger partial charge in [-0.15, -0.1) is 0 Å². The number of imidazole rings is 1. The van der Waals surface area contributed by atoms with Gasteiger partial charge >= 0.3 is 0 Å². The first-order chi connectivity index (χ1) is 13.9. The third-order valence-corrected chi connectivity index (χ3v) is 6.53. The largest absolute Gasteiger partial charge is 0.376 e. The highest BCUT2D eigenvalue weighted by atomic mass is 35.5. The van der Waals surface area contributed by atoms with Crippen molar-refractivity contribution in [3.8, 4) is 0 Å². The average molecular weight is 422 g/mol. The molecule has 2 unspecified atom stereocenters. The maximum atomic E-state index is 13.6. The Labute approximate surface area is 173 Å². The SMILES string of the molecule is CC1(NC(=O)CN2C3CCC2CN(Cc2nc4c(Cl)cc(F)cc4[nH]2)C3)COC1. The zero-order chi connectivity index (χ0) is 20.2. The Morgan fingerprint density at radius 1 is 1.38 bits per heavy atom. The van der Waals surface area contributed by atoms with Crippen LogP contribution in [0.1, 0.15) is 25.6 Å². The molecule has 156 valence electrons. The second-order valence-electron chi connectivity index (χ2n) is 8.82. The molecule has 9 heteroatoms. The van der Waals surface area contributed by atoms with E-state index in [2.05, 4.69) is 25.1 Å². The molecule has 2 atom stereocenters. The van der Waals surface area contributed by atoms with Crippen LogP contribution in [0, 0.1) is 5.82 Å². The van der Waals surface area contributed by atoms with Crippen LogP contribution in [-0.4, -0.2) is 76.1 Å². The lowest BCUT2D eigenvalue weighted by Gasteiger charge is -2.42. The molecule has 3 fully saturated rings. The van der Waals surface area contributed by atoms with Crippen LogP contribution in [0.2, 0.25) is 5.02 Å². The number of fused-ring (bicyclic) bond motifs is 3. The van der Waals surface area contributed by atoms with E-state index in [1.807, 2.05) is 6.92 Å². The van der Waals surface area contributed by atoms with Crippen molar-refractivity contribution in [2.24, 2.45) is 0 Å². The zero-order valence-corrected chi connectivity index (χ0v) is 17.1. The van der Waals surface area contributed by atoms with Crippen molar-refractivity contribution < 1.29 is 13.9 Å². The first-order valence-electron chi connectivity index (χ1n) is 10.1. The van der Waals surface area contributed by atoms with Crippen molar-refractivity contribution in [2.45, 2.75) is 43.9 Å². The van der Waals surface area contributed by atoms with Crippen molar-refractivity contribution in [1.29, 1.82) is 0 Å². The van der Waals surface area contributed by atoms with Crippen LogP contribution in [0.15, 0.2) is 12.1 Å². The Morgan fingerprint density at radius 2 is 2.10 bits per heavy atom. The number of nitrogens with zero attached hydrogens (tertiary/aromatic N) is 3. The molecule has 0 radical (unpaired) electrons. The topological polar surface area (TPSA) is 73.5 Å². The molecule has 2 aromatic rings. The summed E-state index contributed by atoms with van der Waals surface area (Å²) in [5.74, 6) is 0.496. The normalized spacial score (nSPS) is 26.6. The number of H-pyrrole nitrogens is 1. The fraction of sp³-hybridized carbons (Fsp3) is 0.600. The molecule has 4 heterocycles. The first-order valence-corrected chi connectivity index (χ1v) is 10.5. The molecule has 0 spiro atoms. The van der Waals surface area contributed by atoms with Gasteiger partial charge in [0.1, 0.15) is 17.2 Å². The molecule has 2 bridgehead atoms. The number of ether oxygens (including phenoxy) is 1. The van der Waals surface area contributed by atoms with Gasteiger partial charge in [0.15, 0.2) is 0 Å². The summed E-state index contributed by atoms with van der Waals surface area (Å²) in [7, 11) is 0. The molecule has 3 aliphatic rings. The van der Waals surface area contributed by atoms with Gasteiger partial charge in [-0.2, -0.15) is 0 Å². The molecule has 5 rings (SSSR count). The first kappa shape index (κ1) is 19.2. The van der Waals surface area contributed by atoms with Gasteiger partial charge in [0.25, 0.3) is 0 Å². The second-order valence-corrected chi connectivity index (χ2v) is 9.23. The number of halogens is 2.